The number of unbranched alkanes of at least 4 members (excludes halogenated alkanes) is 1. The molecule has 0 heterocycles. The molecule has 1 aromatic rings. The van der Waals surface area contributed by atoms with Gasteiger partial charge in [-0.3, -0.25) is 0 Å². The minimum Gasteiger partial charge on any atom is -0.507 e. The van der Waals surface area contributed by atoms with Crippen LogP contribution in [0.1, 0.15) is 88.8 Å². The van der Waals surface area contributed by atoms with Crippen molar-refractivity contribution in [2.45, 2.75) is 78.6 Å². The standard InChI is InChI=1S/C18H30O/c1-6-9-10-15-11-16(13(4)7-2)18(19)17(12-15)14(5)8-3/h11-14,19H,6-10H2,1-5H3. The SMILES string of the molecule is CCCCc1cc(C(C)CC)c(O)c(C(C)CC)c1. The predicted molar refractivity (Wildman–Crippen MR) is 84.1 cm³/mol. The number of aromatic hydroxyl groups is 1. The molecule has 1 heteroatoms. The lowest BCUT2D eigenvalue weighted by Crippen LogP contribution is -2.01. The number of phenolic OH excluding ortho intramolecular Hbond substituents is 1. The molecule has 2 atom stereocenters. The van der Waals surface area contributed by atoms with Crippen LogP contribution in [0.2, 0.25) is 0 Å². The molecule has 0 aromatic heterocycles. The topological polar surface area (TPSA) is 20.2 Å². The van der Waals surface area contributed by atoms with Gasteiger partial charge in [0.05, 0.1) is 0 Å². The van der Waals surface area contributed by atoms with Crippen LogP contribution in [-0.2, 0) is 6.42 Å². The van der Waals surface area contributed by atoms with Crippen molar-refractivity contribution in [3.8, 4) is 5.75 Å². The first-order valence-corrected chi connectivity index (χ1v) is 7.90. The Morgan fingerprint density at radius 2 is 1.42 bits per heavy atom. The number of phenols is 1. The lowest BCUT2D eigenvalue weighted by molar-refractivity contribution is 0.448. The van der Waals surface area contributed by atoms with Crippen molar-refractivity contribution in [3.63, 3.8) is 0 Å². The zero-order valence-electron chi connectivity index (χ0n) is 13.3. The fraction of sp³-hybridized carbons (Fsp3) is 0.667. The molecule has 0 fully saturated rings. The van der Waals surface area contributed by atoms with Crippen LogP contribution in [0, 0.1) is 0 Å². The average Bonchev–Trinajstić information content (AvgIpc) is 2.44. The zero-order chi connectivity index (χ0) is 14.4. The highest BCUT2D eigenvalue weighted by Crippen LogP contribution is 2.37. The summed E-state index contributed by atoms with van der Waals surface area (Å²) >= 11 is 0. The Labute approximate surface area is 119 Å². The van der Waals surface area contributed by atoms with Crippen molar-refractivity contribution in [1.82, 2.24) is 0 Å². The molecule has 0 bridgehead atoms. The highest BCUT2D eigenvalue weighted by Gasteiger charge is 2.17. The van der Waals surface area contributed by atoms with Crippen LogP contribution in [0.3, 0.4) is 0 Å². The molecule has 0 aliphatic rings. The van der Waals surface area contributed by atoms with Crippen molar-refractivity contribution in [2.24, 2.45) is 0 Å². The van der Waals surface area contributed by atoms with Crippen LogP contribution in [0.5, 0.6) is 5.75 Å². The summed E-state index contributed by atoms with van der Waals surface area (Å²) in [6.45, 7) is 11.0. The van der Waals surface area contributed by atoms with Gasteiger partial charge in [-0.05, 0) is 54.2 Å². The molecule has 0 aliphatic carbocycles. The molecule has 0 radical (unpaired) electrons. The Morgan fingerprint density at radius 3 is 1.79 bits per heavy atom. The van der Waals surface area contributed by atoms with Crippen molar-refractivity contribution in [1.29, 1.82) is 0 Å². The van der Waals surface area contributed by atoms with Gasteiger partial charge in [-0.2, -0.15) is 0 Å². The molecule has 0 saturated carbocycles. The minimum atomic E-state index is 0.435. The second kappa shape index (κ2) is 7.57. The number of rotatable bonds is 7. The second-order valence-electron chi connectivity index (χ2n) is 5.85. The van der Waals surface area contributed by atoms with E-state index in [9.17, 15) is 5.11 Å². The van der Waals surface area contributed by atoms with E-state index in [1.807, 2.05) is 0 Å². The lowest BCUT2D eigenvalue weighted by Gasteiger charge is -2.20. The smallest absolute Gasteiger partial charge is 0.122 e. The van der Waals surface area contributed by atoms with Gasteiger partial charge in [0.1, 0.15) is 5.75 Å². The summed E-state index contributed by atoms with van der Waals surface area (Å²) in [4.78, 5) is 0. The summed E-state index contributed by atoms with van der Waals surface area (Å²) in [6, 6.07) is 4.45. The van der Waals surface area contributed by atoms with Gasteiger partial charge in [-0.1, -0.05) is 53.2 Å². The maximum Gasteiger partial charge on any atom is 0.122 e. The van der Waals surface area contributed by atoms with E-state index >= 15 is 0 Å². The van der Waals surface area contributed by atoms with Crippen LogP contribution in [0.4, 0.5) is 0 Å². The van der Waals surface area contributed by atoms with Gasteiger partial charge in [-0.15, -0.1) is 0 Å². The molecule has 1 nitrogen and oxygen atoms in total. The third-order valence-electron chi connectivity index (χ3n) is 4.33. The highest BCUT2D eigenvalue weighted by molar-refractivity contribution is 5.47. The molecule has 108 valence electrons. The molecule has 0 saturated heterocycles. The molecular weight excluding hydrogens is 232 g/mol. The van der Waals surface area contributed by atoms with E-state index in [0.717, 1.165) is 30.4 Å². The molecule has 2 unspecified atom stereocenters. The normalized spacial score (nSPS) is 14.4. The monoisotopic (exact) mass is 262 g/mol. The van der Waals surface area contributed by atoms with Gasteiger partial charge in [0, 0.05) is 0 Å². The van der Waals surface area contributed by atoms with Gasteiger partial charge < -0.3 is 5.11 Å². The maximum absolute atomic E-state index is 10.5. The molecule has 19 heavy (non-hydrogen) atoms. The molecule has 0 spiro atoms. The van der Waals surface area contributed by atoms with E-state index in [1.54, 1.807) is 0 Å². The number of benzene rings is 1. The van der Waals surface area contributed by atoms with E-state index in [4.69, 9.17) is 0 Å². The van der Waals surface area contributed by atoms with E-state index in [1.165, 1.54) is 18.4 Å². The molecule has 0 aliphatic heterocycles. The van der Waals surface area contributed by atoms with Crippen LogP contribution in [-0.4, -0.2) is 5.11 Å². The maximum atomic E-state index is 10.5. The average molecular weight is 262 g/mol. The Hall–Kier alpha value is -0.980. The third-order valence-corrected chi connectivity index (χ3v) is 4.33. The van der Waals surface area contributed by atoms with Crippen LogP contribution < -0.4 is 0 Å². The molecule has 1 N–H and O–H groups in total. The van der Waals surface area contributed by atoms with Gasteiger partial charge in [0.15, 0.2) is 0 Å². The van der Waals surface area contributed by atoms with Gasteiger partial charge in [0.25, 0.3) is 0 Å². The first-order chi connectivity index (χ1) is 9.04. The summed E-state index contributed by atoms with van der Waals surface area (Å²) in [5.74, 6) is 1.41. The van der Waals surface area contributed by atoms with Gasteiger partial charge in [-0.25, -0.2) is 0 Å². The Bertz CT molecular complexity index is 364. The fourth-order valence-electron chi connectivity index (χ4n) is 2.46. The third kappa shape index (κ3) is 3.99. The highest BCUT2D eigenvalue weighted by atomic mass is 16.3. The summed E-state index contributed by atoms with van der Waals surface area (Å²) in [7, 11) is 0. The van der Waals surface area contributed by atoms with E-state index in [-0.39, 0.29) is 0 Å². The zero-order valence-corrected chi connectivity index (χ0v) is 13.3. The van der Waals surface area contributed by atoms with E-state index < -0.39 is 0 Å². The van der Waals surface area contributed by atoms with E-state index in [2.05, 4.69) is 46.8 Å². The van der Waals surface area contributed by atoms with Crippen LogP contribution in [0.25, 0.3) is 0 Å². The van der Waals surface area contributed by atoms with Crippen molar-refractivity contribution in [2.75, 3.05) is 0 Å². The van der Waals surface area contributed by atoms with Crippen molar-refractivity contribution in [3.05, 3.63) is 28.8 Å². The largest absolute Gasteiger partial charge is 0.507 e. The molecular formula is C18H30O. The Morgan fingerprint density at radius 1 is 0.947 bits per heavy atom. The summed E-state index contributed by atoms with van der Waals surface area (Å²) in [6.07, 6.45) is 5.72. The Kier molecular flexibility index (Phi) is 6.41. The van der Waals surface area contributed by atoms with Gasteiger partial charge >= 0.3 is 0 Å². The summed E-state index contributed by atoms with van der Waals surface area (Å²) in [5, 5.41) is 10.5. The summed E-state index contributed by atoms with van der Waals surface area (Å²) in [5.41, 5.74) is 3.68. The van der Waals surface area contributed by atoms with Gasteiger partial charge in [0.2, 0.25) is 0 Å². The quantitative estimate of drug-likeness (QED) is 0.662. The predicted octanol–water partition coefficient (Wildman–Crippen LogP) is 5.76. The first-order valence-electron chi connectivity index (χ1n) is 7.90. The molecule has 1 rings (SSSR count). The number of hydrogen-bond acceptors (Lipinski definition) is 1. The first kappa shape index (κ1) is 16.1. The minimum absolute atomic E-state index is 0.435. The molecule has 1 aromatic carbocycles. The molecule has 0 amide bonds. The fourth-order valence-corrected chi connectivity index (χ4v) is 2.46. The lowest BCUT2D eigenvalue weighted by atomic mass is 9.87. The Balaban J connectivity index is 3.21. The summed E-state index contributed by atoms with van der Waals surface area (Å²) < 4.78 is 0. The number of hydrogen-bond donors (Lipinski definition) is 1. The van der Waals surface area contributed by atoms with E-state index in [0.29, 0.717) is 17.6 Å². The van der Waals surface area contributed by atoms with Crippen molar-refractivity contribution >= 4 is 0 Å². The number of aryl methyl sites for hydroxylation is 1. The van der Waals surface area contributed by atoms with Crippen LogP contribution >= 0.6 is 0 Å². The van der Waals surface area contributed by atoms with Crippen molar-refractivity contribution < 1.29 is 5.11 Å². The van der Waals surface area contributed by atoms with Crippen LogP contribution in [0.15, 0.2) is 12.1 Å². The second-order valence-corrected chi connectivity index (χ2v) is 5.85.